The van der Waals surface area contributed by atoms with Gasteiger partial charge in [0.25, 0.3) is 5.56 Å². The van der Waals surface area contributed by atoms with Crippen molar-refractivity contribution in [3.63, 3.8) is 0 Å². The molecule has 0 saturated carbocycles. The van der Waals surface area contributed by atoms with Crippen LogP contribution in [0.3, 0.4) is 0 Å². The molecule has 0 aliphatic carbocycles. The van der Waals surface area contributed by atoms with E-state index in [2.05, 4.69) is 10.1 Å². The fraction of sp³-hybridized carbons (Fsp3) is 0.444. The lowest BCUT2D eigenvalue weighted by molar-refractivity contribution is -0.207. The quantitative estimate of drug-likeness (QED) is 0.830. The van der Waals surface area contributed by atoms with Gasteiger partial charge in [0.05, 0.1) is 12.7 Å². The molecule has 9 heteroatoms. The zero-order chi connectivity index (χ0) is 13.5. The summed E-state index contributed by atoms with van der Waals surface area (Å²) in [6.07, 6.45) is -5.20. The number of aromatic nitrogens is 4. The van der Waals surface area contributed by atoms with Crippen LogP contribution in [0.2, 0.25) is 0 Å². The third-order valence-corrected chi connectivity index (χ3v) is 2.47. The van der Waals surface area contributed by atoms with Crippen LogP contribution in [0.5, 0.6) is 0 Å². The summed E-state index contributed by atoms with van der Waals surface area (Å²) in [5.41, 5.74) is -0.394. The Bertz CT molecular complexity index is 631. The average Bonchev–Trinajstić information content (AvgIpc) is 2.64. The van der Waals surface area contributed by atoms with Gasteiger partial charge in [-0.15, -0.1) is 0 Å². The molecule has 1 N–H and O–H groups in total. The van der Waals surface area contributed by atoms with Crippen LogP contribution in [0.1, 0.15) is 0 Å². The van der Waals surface area contributed by atoms with Crippen molar-refractivity contribution in [2.75, 3.05) is 0 Å². The minimum Gasteiger partial charge on any atom is -0.382 e. The SMILES string of the molecule is Cn1ncc2c(=O)n(CC(O)C(F)(F)F)cnc21. The second-order valence-corrected chi connectivity index (χ2v) is 3.76. The fourth-order valence-corrected chi connectivity index (χ4v) is 1.49. The molecule has 1 unspecified atom stereocenters. The molecular weight excluding hydrogens is 253 g/mol. The standard InChI is InChI=1S/C9H9F3N4O2/c1-15-7-5(2-14-15)8(18)16(4-13-7)3-6(17)9(10,11)12/h2,4,6,17H,3H2,1H3. The maximum Gasteiger partial charge on any atom is 0.416 e. The van der Waals surface area contributed by atoms with Crippen molar-refractivity contribution < 1.29 is 18.3 Å². The molecule has 2 aromatic heterocycles. The predicted octanol–water partition coefficient (Wildman–Crippen LogP) is 0.0532. The summed E-state index contributed by atoms with van der Waals surface area (Å²) >= 11 is 0. The van der Waals surface area contributed by atoms with Crippen molar-refractivity contribution >= 4 is 11.0 Å². The van der Waals surface area contributed by atoms with Crippen molar-refractivity contribution in [3.05, 3.63) is 22.9 Å². The Labute approximate surface area is 98.3 Å². The Morgan fingerprint density at radius 1 is 1.50 bits per heavy atom. The number of rotatable bonds is 2. The number of alkyl halides is 3. The van der Waals surface area contributed by atoms with Crippen LogP contribution in [0.15, 0.2) is 17.3 Å². The van der Waals surface area contributed by atoms with E-state index in [1.165, 1.54) is 10.9 Å². The largest absolute Gasteiger partial charge is 0.416 e. The fourth-order valence-electron chi connectivity index (χ4n) is 1.49. The first-order valence-electron chi connectivity index (χ1n) is 4.92. The molecule has 2 heterocycles. The van der Waals surface area contributed by atoms with E-state index in [4.69, 9.17) is 5.11 Å². The summed E-state index contributed by atoms with van der Waals surface area (Å²) < 4.78 is 38.6. The summed E-state index contributed by atoms with van der Waals surface area (Å²) in [5, 5.41) is 12.8. The van der Waals surface area contributed by atoms with Crippen LogP contribution >= 0.6 is 0 Å². The average molecular weight is 262 g/mol. The molecule has 0 aromatic carbocycles. The lowest BCUT2D eigenvalue weighted by Crippen LogP contribution is -2.36. The highest BCUT2D eigenvalue weighted by Crippen LogP contribution is 2.20. The van der Waals surface area contributed by atoms with Crippen LogP contribution in [0, 0.1) is 0 Å². The predicted molar refractivity (Wildman–Crippen MR) is 54.8 cm³/mol. The van der Waals surface area contributed by atoms with Gasteiger partial charge in [-0.1, -0.05) is 0 Å². The van der Waals surface area contributed by atoms with Crippen LogP contribution < -0.4 is 5.56 Å². The van der Waals surface area contributed by atoms with E-state index in [0.29, 0.717) is 4.57 Å². The minimum absolute atomic E-state index is 0.106. The highest BCUT2D eigenvalue weighted by atomic mass is 19.4. The summed E-state index contributed by atoms with van der Waals surface area (Å²) in [7, 11) is 1.56. The smallest absolute Gasteiger partial charge is 0.382 e. The summed E-state index contributed by atoms with van der Waals surface area (Å²) in [5.74, 6) is 0. The highest BCUT2D eigenvalue weighted by Gasteiger charge is 2.38. The van der Waals surface area contributed by atoms with E-state index in [1.54, 1.807) is 7.05 Å². The molecule has 98 valence electrons. The van der Waals surface area contributed by atoms with Gasteiger partial charge in [0.2, 0.25) is 0 Å². The van der Waals surface area contributed by atoms with Crippen molar-refractivity contribution in [1.29, 1.82) is 0 Å². The maximum absolute atomic E-state index is 12.2. The van der Waals surface area contributed by atoms with E-state index in [9.17, 15) is 18.0 Å². The van der Waals surface area contributed by atoms with Gasteiger partial charge in [0, 0.05) is 7.05 Å². The molecule has 6 nitrogen and oxygen atoms in total. The lowest BCUT2D eigenvalue weighted by Gasteiger charge is -2.15. The molecule has 0 aliphatic heterocycles. The summed E-state index contributed by atoms with van der Waals surface area (Å²) in [6, 6.07) is 0. The summed E-state index contributed by atoms with van der Waals surface area (Å²) in [6.45, 7) is -0.889. The molecule has 0 amide bonds. The molecule has 0 aliphatic rings. The summed E-state index contributed by atoms with van der Waals surface area (Å²) in [4.78, 5) is 15.6. The third-order valence-electron chi connectivity index (χ3n) is 2.47. The van der Waals surface area contributed by atoms with Gasteiger partial charge < -0.3 is 5.11 Å². The van der Waals surface area contributed by atoms with Gasteiger partial charge in [0.1, 0.15) is 11.7 Å². The van der Waals surface area contributed by atoms with E-state index in [-0.39, 0.29) is 11.0 Å². The number of nitrogens with zero attached hydrogens (tertiary/aromatic N) is 4. The number of hydrogen-bond acceptors (Lipinski definition) is 4. The van der Waals surface area contributed by atoms with Gasteiger partial charge in [-0.05, 0) is 0 Å². The second kappa shape index (κ2) is 4.09. The van der Waals surface area contributed by atoms with Gasteiger partial charge in [-0.2, -0.15) is 18.3 Å². The maximum atomic E-state index is 12.2. The van der Waals surface area contributed by atoms with E-state index < -0.39 is 24.4 Å². The Balaban J connectivity index is 2.41. The molecule has 0 radical (unpaired) electrons. The van der Waals surface area contributed by atoms with Crippen molar-refractivity contribution in [3.8, 4) is 0 Å². The Morgan fingerprint density at radius 2 is 2.17 bits per heavy atom. The van der Waals surface area contributed by atoms with Crippen molar-refractivity contribution in [2.24, 2.45) is 7.05 Å². The van der Waals surface area contributed by atoms with Gasteiger partial charge in [-0.3, -0.25) is 14.0 Å². The van der Waals surface area contributed by atoms with Crippen molar-refractivity contribution in [1.82, 2.24) is 19.3 Å². The normalized spacial score (nSPS) is 14.1. The topological polar surface area (TPSA) is 72.9 Å². The monoisotopic (exact) mass is 262 g/mol. The molecular formula is C9H9F3N4O2. The molecule has 0 bridgehead atoms. The first kappa shape index (κ1) is 12.6. The Hall–Kier alpha value is -1.90. The van der Waals surface area contributed by atoms with Gasteiger partial charge in [0.15, 0.2) is 11.8 Å². The molecule has 18 heavy (non-hydrogen) atoms. The van der Waals surface area contributed by atoms with Gasteiger partial charge in [-0.25, -0.2) is 4.98 Å². The van der Waals surface area contributed by atoms with Crippen LogP contribution in [-0.4, -0.2) is 36.7 Å². The Kier molecular flexibility index (Phi) is 2.85. The molecule has 2 aromatic rings. The van der Waals surface area contributed by atoms with Crippen LogP contribution in [-0.2, 0) is 13.6 Å². The number of hydrogen-bond donors (Lipinski definition) is 1. The van der Waals surface area contributed by atoms with Crippen LogP contribution in [0.4, 0.5) is 13.2 Å². The lowest BCUT2D eigenvalue weighted by atomic mass is 10.3. The molecule has 0 saturated heterocycles. The molecule has 0 fully saturated rings. The zero-order valence-corrected chi connectivity index (χ0v) is 9.22. The Morgan fingerprint density at radius 3 is 2.78 bits per heavy atom. The minimum atomic E-state index is -4.77. The number of aliphatic hydroxyl groups excluding tert-OH is 1. The molecule has 2 rings (SSSR count). The first-order chi connectivity index (χ1) is 8.30. The zero-order valence-electron chi connectivity index (χ0n) is 9.22. The third kappa shape index (κ3) is 2.08. The van der Waals surface area contributed by atoms with E-state index in [1.807, 2.05) is 0 Å². The molecule has 0 spiro atoms. The number of halogens is 3. The number of fused-ring (bicyclic) bond motifs is 1. The number of aliphatic hydroxyl groups is 1. The molecule has 1 atom stereocenters. The first-order valence-corrected chi connectivity index (χ1v) is 4.92. The van der Waals surface area contributed by atoms with Gasteiger partial charge >= 0.3 is 6.18 Å². The van der Waals surface area contributed by atoms with E-state index >= 15 is 0 Å². The highest BCUT2D eigenvalue weighted by molar-refractivity contribution is 5.72. The van der Waals surface area contributed by atoms with Crippen molar-refractivity contribution in [2.45, 2.75) is 18.8 Å². The number of aryl methyl sites for hydroxylation is 1. The van der Waals surface area contributed by atoms with Crippen LogP contribution in [0.25, 0.3) is 11.0 Å². The van der Waals surface area contributed by atoms with E-state index in [0.717, 1.165) is 6.33 Å². The second-order valence-electron chi connectivity index (χ2n) is 3.76.